The number of hydrogen-bond donors (Lipinski definition) is 3. The Morgan fingerprint density at radius 3 is 2.50 bits per heavy atom. The van der Waals surface area contributed by atoms with E-state index in [9.17, 15) is 14.4 Å². The summed E-state index contributed by atoms with van der Waals surface area (Å²) in [6.45, 7) is 0.905. The topological polar surface area (TPSA) is 87.3 Å². The van der Waals surface area contributed by atoms with E-state index >= 15 is 0 Å². The Bertz CT molecular complexity index is 319. The van der Waals surface area contributed by atoms with Gasteiger partial charge < -0.3 is 16.0 Å². The zero-order valence-corrected chi connectivity index (χ0v) is 8.91. The molecule has 16 heavy (non-hydrogen) atoms. The van der Waals surface area contributed by atoms with Crippen LogP contribution in [0.15, 0.2) is 0 Å². The van der Waals surface area contributed by atoms with Crippen molar-refractivity contribution in [2.24, 2.45) is 5.92 Å². The minimum absolute atomic E-state index is 0.00163. The summed E-state index contributed by atoms with van der Waals surface area (Å²) in [5.41, 5.74) is 0. The van der Waals surface area contributed by atoms with Gasteiger partial charge in [-0.3, -0.25) is 14.4 Å². The third kappa shape index (κ3) is 2.50. The molecule has 2 fully saturated rings. The Morgan fingerprint density at radius 2 is 1.94 bits per heavy atom. The minimum Gasteiger partial charge on any atom is -0.355 e. The van der Waals surface area contributed by atoms with Crippen LogP contribution in [-0.4, -0.2) is 36.9 Å². The van der Waals surface area contributed by atoms with Gasteiger partial charge in [-0.2, -0.15) is 0 Å². The maximum absolute atomic E-state index is 11.8. The molecule has 2 saturated heterocycles. The molecule has 0 bridgehead atoms. The molecule has 2 heterocycles. The van der Waals surface area contributed by atoms with Crippen LogP contribution in [0.25, 0.3) is 0 Å². The second kappa shape index (κ2) is 4.51. The molecule has 0 aliphatic carbocycles. The summed E-state index contributed by atoms with van der Waals surface area (Å²) in [6.07, 6.45) is 1.34. The molecule has 0 aromatic heterocycles. The zero-order chi connectivity index (χ0) is 11.5. The van der Waals surface area contributed by atoms with Gasteiger partial charge in [0.05, 0.1) is 12.0 Å². The SMILES string of the molecule is O=C1CCC(C(=O)NC2CNC(=O)C2)CN1. The number of piperidine rings is 1. The van der Waals surface area contributed by atoms with Crippen molar-refractivity contribution in [1.29, 1.82) is 0 Å². The zero-order valence-electron chi connectivity index (χ0n) is 8.91. The van der Waals surface area contributed by atoms with Crippen LogP contribution in [0.1, 0.15) is 19.3 Å². The molecule has 2 rings (SSSR count). The van der Waals surface area contributed by atoms with Crippen LogP contribution in [0.5, 0.6) is 0 Å². The summed E-state index contributed by atoms with van der Waals surface area (Å²) in [5.74, 6) is -0.251. The predicted octanol–water partition coefficient (Wildman–Crippen LogP) is -1.48. The molecule has 6 nitrogen and oxygen atoms in total. The molecule has 6 heteroatoms. The van der Waals surface area contributed by atoms with Crippen LogP contribution < -0.4 is 16.0 Å². The van der Waals surface area contributed by atoms with Crippen molar-refractivity contribution in [1.82, 2.24) is 16.0 Å². The summed E-state index contributed by atoms with van der Waals surface area (Å²) < 4.78 is 0. The first-order valence-corrected chi connectivity index (χ1v) is 5.49. The Labute approximate surface area is 93.1 Å². The van der Waals surface area contributed by atoms with Crippen molar-refractivity contribution in [3.05, 3.63) is 0 Å². The second-order valence-electron chi connectivity index (χ2n) is 4.25. The molecule has 3 amide bonds. The minimum atomic E-state index is -0.159. The largest absolute Gasteiger partial charge is 0.355 e. The van der Waals surface area contributed by atoms with Gasteiger partial charge in [0.25, 0.3) is 0 Å². The van der Waals surface area contributed by atoms with Crippen molar-refractivity contribution in [2.75, 3.05) is 13.1 Å². The molecule has 2 unspecified atom stereocenters. The van der Waals surface area contributed by atoms with Crippen molar-refractivity contribution >= 4 is 17.7 Å². The third-order valence-electron chi connectivity index (χ3n) is 2.96. The quantitative estimate of drug-likeness (QED) is 0.535. The van der Waals surface area contributed by atoms with E-state index in [0.717, 1.165) is 0 Å². The molecular formula is C10H15N3O3. The number of amides is 3. The molecule has 3 N–H and O–H groups in total. The Kier molecular flexibility index (Phi) is 3.07. The second-order valence-corrected chi connectivity index (χ2v) is 4.25. The summed E-state index contributed by atoms with van der Waals surface area (Å²) >= 11 is 0. The van der Waals surface area contributed by atoms with Crippen molar-refractivity contribution < 1.29 is 14.4 Å². The van der Waals surface area contributed by atoms with Crippen LogP contribution in [0.4, 0.5) is 0 Å². The molecule has 2 aliphatic heterocycles. The molecule has 0 radical (unpaired) electrons. The lowest BCUT2D eigenvalue weighted by Crippen LogP contribution is -2.46. The molecule has 0 aromatic rings. The maximum atomic E-state index is 11.8. The average molecular weight is 225 g/mol. The summed E-state index contributed by atoms with van der Waals surface area (Å²) in [4.78, 5) is 33.6. The van der Waals surface area contributed by atoms with E-state index < -0.39 is 0 Å². The Morgan fingerprint density at radius 1 is 1.19 bits per heavy atom. The lowest BCUT2D eigenvalue weighted by molar-refractivity contribution is -0.129. The molecule has 2 aliphatic rings. The van der Waals surface area contributed by atoms with Gasteiger partial charge in [-0.1, -0.05) is 0 Å². The van der Waals surface area contributed by atoms with Gasteiger partial charge in [-0.05, 0) is 6.42 Å². The highest BCUT2D eigenvalue weighted by atomic mass is 16.2. The highest BCUT2D eigenvalue weighted by molar-refractivity contribution is 5.85. The van der Waals surface area contributed by atoms with Crippen LogP contribution in [0.3, 0.4) is 0 Å². The fourth-order valence-corrected chi connectivity index (χ4v) is 1.98. The molecule has 0 aromatic carbocycles. The molecule has 0 saturated carbocycles. The van der Waals surface area contributed by atoms with E-state index in [1.54, 1.807) is 0 Å². The van der Waals surface area contributed by atoms with E-state index in [2.05, 4.69) is 16.0 Å². The number of carbonyl (C=O) groups is 3. The molecule has 88 valence electrons. The monoisotopic (exact) mass is 225 g/mol. The lowest BCUT2D eigenvalue weighted by Gasteiger charge is -2.23. The van der Waals surface area contributed by atoms with Crippen molar-refractivity contribution in [2.45, 2.75) is 25.3 Å². The van der Waals surface area contributed by atoms with Crippen LogP contribution in [-0.2, 0) is 14.4 Å². The Hall–Kier alpha value is -1.59. The lowest BCUT2D eigenvalue weighted by atomic mass is 9.98. The van der Waals surface area contributed by atoms with Gasteiger partial charge in [0.2, 0.25) is 17.7 Å². The van der Waals surface area contributed by atoms with E-state index in [1.165, 1.54) is 0 Å². The molecule has 0 spiro atoms. The average Bonchev–Trinajstić information content (AvgIpc) is 2.65. The van der Waals surface area contributed by atoms with Crippen molar-refractivity contribution in [3.63, 3.8) is 0 Å². The molecular weight excluding hydrogens is 210 g/mol. The van der Waals surface area contributed by atoms with Gasteiger partial charge in [-0.15, -0.1) is 0 Å². The summed E-state index contributed by atoms with van der Waals surface area (Å²) in [6, 6.07) is -0.0994. The normalized spacial score (nSPS) is 29.5. The van der Waals surface area contributed by atoms with Gasteiger partial charge in [0.1, 0.15) is 0 Å². The van der Waals surface area contributed by atoms with Gasteiger partial charge in [-0.25, -0.2) is 0 Å². The smallest absolute Gasteiger partial charge is 0.225 e. The van der Waals surface area contributed by atoms with E-state index in [0.29, 0.717) is 32.4 Å². The van der Waals surface area contributed by atoms with Crippen LogP contribution in [0.2, 0.25) is 0 Å². The highest BCUT2D eigenvalue weighted by Gasteiger charge is 2.28. The van der Waals surface area contributed by atoms with Gasteiger partial charge in [0, 0.05) is 25.9 Å². The molecule has 2 atom stereocenters. The summed E-state index contributed by atoms with van der Waals surface area (Å²) in [7, 11) is 0. The van der Waals surface area contributed by atoms with Crippen LogP contribution >= 0.6 is 0 Å². The number of carbonyl (C=O) groups excluding carboxylic acids is 3. The number of hydrogen-bond acceptors (Lipinski definition) is 3. The van der Waals surface area contributed by atoms with Crippen molar-refractivity contribution in [3.8, 4) is 0 Å². The number of rotatable bonds is 2. The standard InChI is InChI=1S/C10H15N3O3/c14-8-2-1-6(4-11-8)10(16)13-7-3-9(15)12-5-7/h6-7H,1-5H2,(H,11,14)(H,12,15)(H,13,16). The predicted molar refractivity (Wildman–Crippen MR) is 55.3 cm³/mol. The highest BCUT2D eigenvalue weighted by Crippen LogP contribution is 2.11. The third-order valence-corrected chi connectivity index (χ3v) is 2.96. The first-order chi connectivity index (χ1) is 7.65. The fraction of sp³-hybridized carbons (Fsp3) is 0.700. The first kappa shape index (κ1) is 10.9. The Balaban J connectivity index is 1.79. The first-order valence-electron chi connectivity index (χ1n) is 5.49. The van der Waals surface area contributed by atoms with Gasteiger partial charge in [0.15, 0.2) is 0 Å². The van der Waals surface area contributed by atoms with E-state index in [1.807, 2.05) is 0 Å². The van der Waals surface area contributed by atoms with E-state index in [-0.39, 0.29) is 29.7 Å². The van der Waals surface area contributed by atoms with Gasteiger partial charge >= 0.3 is 0 Å². The maximum Gasteiger partial charge on any atom is 0.225 e. The van der Waals surface area contributed by atoms with E-state index in [4.69, 9.17) is 0 Å². The fourth-order valence-electron chi connectivity index (χ4n) is 1.98. The number of nitrogens with one attached hydrogen (secondary N) is 3. The summed E-state index contributed by atoms with van der Waals surface area (Å²) in [5, 5.41) is 8.15. The van der Waals surface area contributed by atoms with Crippen LogP contribution in [0, 0.1) is 5.92 Å².